The minimum Gasteiger partial charge on any atom is -0.435 e. The van der Waals surface area contributed by atoms with Crippen molar-refractivity contribution < 1.29 is 31.5 Å². The van der Waals surface area contributed by atoms with Gasteiger partial charge in [-0.05, 0) is 42.5 Å². The van der Waals surface area contributed by atoms with Crippen molar-refractivity contribution in [2.75, 3.05) is 5.32 Å². The van der Waals surface area contributed by atoms with Gasteiger partial charge in [0.05, 0.1) is 16.3 Å². The van der Waals surface area contributed by atoms with E-state index in [1.807, 2.05) is 0 Å². The van der Waals surface area contributed by atoms with Crippen molar-refractivity contribution in [1.82, 2.24) is 0 Å². The Labute approximate surface area is 138 Å². The zero-order valence-corrected chi connectivity index (χ0v) is 12.5. The fraction of sp³-hybridized carbons (Fsp3) is 0.133. The van der Waals surface area contributed by atoms with E-state index in [9.17, 15) is 26.7 Å². The van der Waals surface area contributed by atoms with E-state index >= 15 is 0 Å². The van der Waals surface area contributed by atoms with Gasteiger partial charge in [-0.2, -0.15) is 22.0 Å². The normalized spacial score (nSPS) is 11.5. The van der Waals surface area contributed by atoms with Gasteiger partial charge >= 0.3 is 12.8 Å². The number of alkyl halides is 5. The van der Waals surface area contributed by atoms with E-state index in [-0.39, 0.29) is 22.0 Å². The lowest BCUT2D eigenvalue weighted by Crippen LogP contribution is -2.13. The van der Waals surface area contributed by atoms with Crippen LogP contribution in [0.4, 0.5) is 27.6 Å². The van der Waals surface area contributed by atoms with E-state index in [0.717, 1.165) is 24.3 Å². The first kappa shape index (κ1) is 18.0. The van der Waals surface area contributed by atoms with E-state index < -0.39 is 24.3 Å². The average molecular weight is 366 g/mol. The topological polar surface area (TPSA) is 38.3 Å². The van der Waals surface area contributed by atoms with Gasteiger partial charge in [-0.15, -0.1) is 0 Å². The van der Waals surface area contributed by atoms with E-state index in [1.54, 1.807) is 0 Å². The van der Waals surface area contributed by atoms with Gasteiger partial charge in [-0.25, -0.2) is 0 Å². The smallest absolute Gasteiger partial charge is 0.416 e. The highest BCUT2D eigenvalue weighted by Crippen LogP contribution is 2.34. The van der Waals surface area contributed by atoms with E-state index in [1.165, 1.54) is 12.1 Å². The summed E-state index contributed by atoms with van der Waals surface area (Å²) in [6.07, 6.45) is -4.58. The third-order valence-electron chi connectivity index (χ3n) is 2.88. The number of carbonyl (C=O) groups excluding carboxylic acids is 1. The number of amides is 1. The van der Waals surface area contributed by atoms with Crippen molar-refractivity contribution in [1.29, 1.82) is 0 Å². The van der Waals surface area contributed by atoms with E-state index in [2.05, 4.69) is 10.1 Å². The average Bonchev–Trinajstić information content (AvgIpc) is 2.48. The molecule has 0 fully saturated rings. The number of nitrogens with one attached hydrogen (secondary N) is 1. The monoisotopic (exact) mass is 365 g/mol. The van der Waals surface area contributed by atoms with Crippen LogP contribution in [0.1, 0.15) is 15.9 Å². The largest absolute Gasteiger partial charge is 0.435 e. The van der Waals surface area contributed by atoms with Crippen LogP contribution in [-0.2, 0) is 6.18 Å². The van der Waals surface area contributed by atoms with Crippen molar-refractivity contribution in [3.63, 3.8) is 0 Å². The summed E-state index contributed by atoms with van der Waals surface area (Å²) >= 11 is 5.77. The van der Waals surface area contributed by atoms with Crippen LogP contribution >= 0.6 is 11.6 Å². The fourth-order valence-corrected chi connectivity index (χ4v) is 1.94. The van der Waals surface area contributed by atoms with Crippen LogP contribution in [-0.4, -0.2) is 12.5 Å². The third-order valence-corrected chi connectivity index (χ3v) is 3.21. The number of rotatable bonds is 4. The molecule has 24 heavy (non-hydrogen) atoms. The van der Waals surface area contributed by atoms with Gasteiger partial charge in [-0.3, -0.25) is 4.79 Å². The maximum atomic E-state index is 12.7. The summed E-state index contributed by atoms with van der Waals surface area (Å²) in [5.41, 5.74) is -1.16. The van der Waals surface area contributed by atoms with Gasteiger partial charge in [0, 0.05) is 5.56 Å². The predicted molar refractivity (Wildman–Crippen MR) is 77.5 cm³/mol. The number of hydrogen-bond acceptors (Lipinski definition) is 2. The first-order valence-corrected chi connectivity index (χ1v) is 6.77. The maximum absolute atomic E-state index is 12.7. The van der Waals surface area contributed by atoms with Gasteiger partial charge in [0.15, 0.2) is 0 Å². The Morgan fingerprint density at radius 3 is 2.25 bits per heavy atom. The number of ether oxygens (including phenoxy) is 1. The summed E-state index contributed by atoms with van der Waals surface area (Å²) in [5.74, 6) is -0.904. The summed E-state index contributed by atoms with van der Waals surface area (Å²) in [6, 6.07) is 7.15. The molecule has 0 spiro atoms. The molecule has 0 aliphatic carbocycles. The maximum Gasteiger partial charge on any atom is 0.416 e. The Balaban J connectivity index is 2.17. The minimum atomic E-state index is -4.58. The Morgan fingerprint density at radius 2 is 1.71 bits per heavy atom. The molecule has 0 atom stereocenters. The Kier molecular flexibility index (Phi) is 5.28. The molecule has 0 saturated heterocycles. The van der Waals surface area contributed by atoms with Gasteiger partial charge in [0.25, 0.3) is 5.91 Å². The highest BCUT2D eigenvalue weighted by molar-refractivity contribution is 6.34. The molecule has 2 aromatic carbocycles. The number of hydrogen-bond donors (Lipinski definition) is 1. The predicted octanol–water partition coefficient (Wildman–Crippen LogP) is 5.21. The zero-order chi connectivity index (χ0) is 17.9. The number of anilines is 1. The Morgan fingerprint density at radius 1 is 1.08 bits per heavy atom. The molecule has 0 aliphatic rings. The molecule has 0 unspecified atom stereocenters. The van der Waals surface area contributed by atoms with Crippen LogP contribution in [0, 0.1) is 0 Å². The Hall–Kier alpha value is -2.35. The van der Waals surface area contributed by atoms with Gasteiger partial charge in [0.1, 0.15) is 5.75 Å². The second-order valence-corrected chi connectivity index (χ2v) is 4.96. The molecule has 0 aliphatic heterocycles. The lowest BCUT2D eigenvalue weighted by molar-refractivity contribution is -0.137. The van der Waals surface area contributed by atoms with Gasteiger partial charge < -0.3 is 10.1 Å². The molecule has 0 radical (unpaired) electrons. The van der Waals surface area contributed by atoms with E-state index in [0.29, 0.717) is 6.07 Å². The number of halogens is 6. The van der Waals surface area contributed by atoms with Crippen LogP contribution in [0.5, 0.6) is 5.75 Å². The lowest BCUT2D eigenvalue weighted by Gasteiger charge is -2.12. The molecule has 1 amide bonds. The number of carbonyl (C=O) groups is 1. The summed E-state index contributed by atoms with van der Waals surface area (Å²) < 4.78 is 66.2. The first-order valence-electron chi connectivity index (χ1n) is 6.40. The molecule has 2 aromatic rings. The first-order chi connectivity index (χ1) is 11.2. The lowest BCUT2D eigenvalue weighted by atomic mass is 10.1. The van der Waals surface area contributed by atoms with Crippen molar-refractivity contribution >= 4 is 23.2 Å². The Bertz CT molecular complexity index is 732. The molecule has 2 rings (SSSR count). The van der Waals surface area contributed by atoms with Crippen molar-refractivity contribution in [2.24, 2.45) is 0 Å². The molecule has 128 valence electrons. The molecule has 0 heterocycles. The quantitative estimate of drug-likeness (QED) is 0.755. The van der Waals surface area contributed by atoms with Gasteiger partial charge in [0.2, 0.25) is 0 Å². The SMILES string of the molecule is O=C(Nc1cc(C(F)(F)F)ccc1Cl)c1ccc(OC(F)F)cc1. The summed E-state index contributed by atoms with van der Waals surface area (Å²) in [7, 11) is 0. The standard InChI is InChI=1S/C15H9ClF5NO2/c16-11-6-3-9(15(19,20)21)7-12(11)22-13(23)8-1-4-10(5-2-8)24-14(17)18/h1-7,14H,(H,22,23). The van der Waals surface area contributed by atoms with Crippen molar-refractivity contribution in [2.45, 2.75) is 12.8 Å². The number of benzene rings is 2. The van der Waals surface area contributed by atoms with Gasteiger partial charge in [-0.1, -0.05) is 11.6 Å². The highest BCUT2D eigenvalue weighted by Gasteiger charge is 2.31. The molecular weight excluding hydrogens is 357 g/mol. The minimum absolute atomic E-state index is 0.0325. The fourth-order valence-electron chi connectivity index (χ4n) is 1.78. The molecule has 0 bridgehead atoms. The third kappa shape index (κ3) is 4.58. The molecular formula is C15H9ClF5NO2. The molecule has 3 nitrogen and oxygen atoms in total. The zero-order valence-electron chi connectivity index (χ0n) is 11.7. The van der Waals surface area contributed by atoms with E-state index in [4.69, 9.17) is 11.6 Å². The molecule has 0 aromatic heterocycles. The molecule has 9 heteroatoms. The van der Waals surface area contributed by atoms with Crippen LogP contribution in [0.25, 0.3) is 0 Å². The summed E-state index contributed by atoms with van der Waals surface area (Å²) in [4.78, 5) is 12.0. The molecule has 0 saturated carbocycles. The van der Waals surface area contributed by atoms with Crippen molar-refractivity contribution in [3.05, 3.63) is 58.6 Å². The molecule has 1 N–H and O–H groups in total. The summed E-state index contributed by atoms with van der Waals surface area (Å²) in [5, 5.41) is 2.16. The second-order valence-electron chi connectivity index (χ2n) is 4.55. The second kappa shape index (κ2) is 7.04. The van der Waals surface area contributed by atoms with Crippen LogP contribution < -0.4 is 10.1 Å². The van der Waals surface area contributed by atoms with Crippen LogP contribution in [0.3, 0.4) is 0 Å². The van der Waals surface area contributed by atoms with Crippen LogP contribution in [0.15, 0.2) is 42.5 Å². The highest BCUT2D eigenvalue weighted by atomic mass is 35.5. The summed E-state index contributed by atoms with van der Waals surface area (Å²) in [6.45, 7) is -3.01. The van der Waals surface area contributed by atoms with Crippen LogP contribution in [0.2, 0.25) is 5.02 Å². The van der Waals surface area contributed by atoms with Crippen molar-refractivity contribution in [3.8, 4) is 5.75 Å².